The number of hydrogen-bond donors (Lipinski definition) is 2. The summed E-state index contributed by atoms with van der Waals surface area (Å²) in [5.41, 5.74) is 8.07. The Balaban J connectivity index is 2.01. The highest BCUT2D eigenvalue weighted by atomic mass is 19.4. The highest BCUT2D eigenvalue weighted by Gasteiger charge is 2.29. The Kier molecular flexibility index (Phi) is 5.62. The van der Waals surface area contributed by atoms with Crippen molar-refractivity contribution in [1.82, 2.24) is 4.98 Å². The number of benzene rings is 1. The van der Waals surface area contributed by atoms with Crippen molar-refractivity contribution in [2.45, 2.75) is 19.6 Å². The van der Waals surface area contributed by atoms with Crippen molar-refractivity contribution in [1.29, 1.82) is 0 Å². The summed E-state index contributed by atoms with van der Waals surface area (Å²) in [4.78, 5) is 7.90. The van der Waals surface area contributed by atoms with E-state index in [0.29, 0.717) is 5.56 Å². The molecule has 2 aromatic rings. The minimum Gasteiger partial charge on any atom is -0.468 e. The first kappa shape index (κ1) is 17.6. The average molecular weight is 338 g/mol. The zero-order chi connectivity index (χ0) is 17.6. The number of ether oxygens (including phenoxy) is 1. The molecule has 0 unspecified atom stereocenters. The molecule has 0 aliphatic carbocycles. The van der Waals surface area contributed by atoms with Gasteiger partial charge in [0.25, 0.3) is 0 Å². The number of nitrogens with one attached hydrogen (secondary N) is 1. The van der Waals surface area contributed by atoms with Crippen LogP contribution in [-0.2, 0) is 6.54 Å². The first-order valence-corrected chi connectivity index (χ1v) is 7.10. The number of rotatable bonds is 5. The second kappa shape index (κ2) is 7.67. The Morgan fingerprint density at radius 2 is 1.96 bits per heavy atom. The van der Waals surface area contributed by atoms with Crippen LogP contribution < -0.4 is 15.8 Å². The summed E-state index contributed by atoms with van der Waals surface area (Å²) in [5, 5.41) is 2.90. The van der Waals surface area contributed by atoms with Gasteiger partial charge in [0.1, 0.15) is 0 Å². The summed E-state index contributed by atoms with van der Waals surface area (Å²) in [6.45, 7) is 0.607. The van der Waals surface area contributed by atoms with E-state index in [4.69, 9.17) is 10.5 Å². The van der Waals surface area contributed by atoms with Gasteiger partial charge in [-0.15, -0.1) is 0 Å². The van der Waals surface area contributed by atoms with Crippen molar-refractivity contribution in [3.63, 3.8) is 0 Å². The average Bonchev–Trinajstić information content (AvgIpc) is 2.53. The van der Waals surface area contributed by atoms with Gasteiger partial charge in [0, 0.05) is 17.4 Å². The molecule has 0 atom stereocenters. The Labute approximate surface area is 137 Å². The molecule has 24 heavy (non-hydrogen) atoms. The van der Waals surface area contributed by atoms with Crippen LogP contribution in [0.1, 0.15) is 11.1 Å². The van der Waals surface area contributed by atoms with E-state index in [-0.39, 0.29) is 18.4 Å². The molecule has 5 nitrogen and oxygen atoms in total. The van der Waals surface area contributed by atoms with E-state index in [1.54, 1.807) is 12.1 Å². The molecule has 0 spiro atoms. The number of nitrogens with two attached hydrogens (primary N) is 1. The van der Waals surface area contributed by atoms with E-state index in [9.17, 15) is 13.2 Å². The lowest BCUT2D eigenvalue weighted by Gasteiger charge is -2.11. The normalized spacial score (nSPS) is 12.1. The standard InChI is InChI=1S/C16H17F3N4O/c1-11-4-6-13(7-5-11)23-15(20)22-9-12-3-2-8-21-14(12)24-10-16(17,18)19/h2-8H,9-10H2,1H3,(H3,20,22,23). The lowest BCUT2D eigenvalue weighted by molar-refractivity contribution is -0.154. The predicted octanol–water partition coefficient (Wildman–Crippen LogP) is 3.26. The lowest BCUT2D eigenvalue weighted by atomic mass is 10.2. The number of pyridine rings is 1. The number of aliphatic imine (C=N–C) groups is 1. The van der Waals surface area contributed by atoms with Crippen LogP contribution in [-0.4, -0.2) is 23.7 Å². The van der Waals surface area contributed by atoms with E-state index in [0.717, 1.165) is 11.3 Å². The molecule has 1 aromatic heterocycles. The number of anilines is 1. The van der Waals surface area contributed by atoms with Crippen LogP contribution in [0.3, 0.4) is 0 Å². The van der Waals surface area contributed by atoms with Crippen molar-refractivity contribution in [2.24, 2.45) is 10.7 Å². The summed E-state index contributed by atoms with van der Waals surface area (Å²) >= 11 is 0. The van der Waals surface area contributed by atoms with Crippen molar-refractivity contribution >= 4 is 11.6 Å². The topological polar surface area (TPSA) is 72.5 Å². The third kappa shape index (κ3) is 5.79. The van der Waals surface area contributed by atoms with Gasteiger partial charge in [0.15, 0.2) is 12.6 Å². The zero-order valence-corrected chi connectivity index (χ0v) is 13.0. The van der Waals surface area contributed by atoms with Crippen LogP contribution in [0.15, 0.2) is 47.6 Å². The maximum Gasteiger partial charge on any atom is 0.422 e. The number of nitrogens with zero attached hydrogens (tertiary/aromatic N) is 2. The zero-order valence-electron chi connectivity index (χ0n) is 13.0. The Bertz CT molecular complexity index is 699. The third-order valence-corrected chi connectivity index (χ3v) is 2.97. The van der Waals surface area contributed by atoms with Crippen molar-refractivity contribution < 1.29 is 17.9 Å². The summed E-state index contributed by atoms with van der Waals surface area (Å²) in [6.07, 6.45) is -3.07. The molecule has 0 aliphatic rings. The molecule has 0 bridgehead atoms. The fraction of sp³-hybridized carbons (Fsp3) is 0.250. The lowest BCUT2D eigenvalue weighted by Crippen LogP contribution is -2.23. The van der Waals surface area contributed by atoms with E-state index in [2.05, 4.69) is 15.3 Å². The summed E-state index contributed by atoms with van der Waals surface area (Å²) in [6, 6.07) is 10.7. The molecule has 1 aromatic carbocycles. The van der Waals surface area contributed by atoms with E-state index >= 15 is 0 Å². The quantitative estimate of drug-likeness (QED) is 0.648. The fourth-order valence-electron chi connectivity index (χ4n) is 1.82. The van der Waals surface area contributed by atoms with Crippen LogP contribution in [0.2, 0.25) is 0 Å². The number of alkyl halides is 3. The molecule has 3 N–H and O–H groups in total. The maximum absolute atomic E-state index is 12.2. The molecule has 1 heterocycles. The summed E-state index contributed by atoms with van der Waals surface area (Å²) < 4.78 is 41.4. The van der Waals surface area contributed by atoms with Crippen molar-refractivity contribution in [2.75, 3.05) is 11.9 Å². The van der Waals surface area contributed by atoms with E-state index < -0.39 is 12.8 Å². The van der Waals surface area contributed by atoms with Crippen LogP contribution in [0.5, 0.6) is 5.88 Å². The van der Waals surface area contributed by atoms with Crippen molar-refractivity contribution in [3.05, 3.63) is 53.7 Å². The Morgan fingerprint density at radius 3 is 2.62 bits per heavy atom. The second-order valence-corrected chi connectivity index (χ2v) is 5.06. The molecule has 0 amide bonds. The molecule has 0 saturated heterocycles. The third-order valence-electron chi connectivity index (χ3n) is 2.97. The molecule has 0 saturated carbocycles. The summed E-state index contributed by atoms with van der Waals surface area (Å²) in [5.74, 6) is 0.0335. The molecule has 0 fully saturated rings. The minimum atomic E-state index is -4.43. The SMILES string of the molecule is Cc1ccc(NC(N)=NCc2cccnc2OCC(F)(F)F)cc1. The van der Waals surface area contributed by atoms with Gasteiger partial charge in [0.2, 0.25) is 5.88 Å². The number of aryl methyl sites for hydroxylation is 1. The highest BCUT2D eigenvalue weighted by Crippen LogP contribution is 2.20. The van der Waals surface area contributed by atoms with Crippen LogP contribution >= 0.6 is 0 Å². The molecular weight excluding hydrogens is 321 g/mol. The van der Waals surface area contributed by atoms with E-state index in [1.807, 2.05) is 31.2 Å². The Hall–Kier alpha value is -2.77. The number of halogens is 3. The summed E-state index contributed by atoms with van der Waals surface area (Å²) in [7, 11) is 0. The highest BCUT2D eigenvalue weighted by molar-refractivity contribution is 5.92. The van der Waals surface area contributed by atoms with Gasteiger partial charge in [-0.25, -0.2) is 9.98 Å². The van der Waals surface area contributed by atoms with Gasteiger partial charge in [-0.05, 0) is 25.1 Å². The van der Waals surface area contributed by atoms with Crippen molar-refractivity contribution in [3.8, 4) is 5.88 Å². The molecule has 0 radical (unpaired) electrons. The van der Waals surface area contributed by atoms with Crippen LogP contribution in [0, 0.1) is 6.92 Å². The molecule has 0 aliphatic heterocycles. The van der Waals surface area contributed by atoms with Crippen LogP contribution in [0.25, 0.3) is 0 Å². The van der Waals surface area contributed by atoms with Gasteiger partial charge in [-0.3, -0.25) is 0 Å². The fourth-order valence-corrected chi connectivity index (χ4v) is 1.82. The van der Waals surface area contributed by atoms with Crippen LogP contribution in [0.4, 0.5) is 18.9 Å². The second-order valence-electron chi connectivity index (χ2n) is 5.06. The maximum atomic E-state index is 12.2. The number of aromatic nitrogens is 1. The molecule has 2 rings (SSSR count). The smallest absolute Gasteiger partial charge is 0.422 e. The molecule has 8 heteroatoms. The number of guanidine groups is 1. The first-order chi connectivity index (χ1) is 11.3. The molecular formula is C16H17F3N4O. The van der Waals surface area contributed by atoms with Gasteiger partial charge >= 0.3 is 6.18 Å². The minimum absolute atomic E-state index is 0.0473. The molecule has 128 valence electrons. The van der Waals surface area contributed by atoms with E-state index in [1.165, 1.54) is 6.20 Å². The first-order valence-electron chi connectivity index (χ1n) is 7.10. The predicted molar refractivity (Wildman–Crippen MR) is 85.9 cm³/mol. The monoisotopic (exact) mass is 338 g/mol. The van der Waals surface area contributed by atoms with Gasteiger partial charge in [-0.2, -0.15) is 13.2 Å². The number of hydrogen-bond acceptors (Lipinski definition) is 3. The Morgan fingerprint density at radius 1 is 1.25 bits per heavy atom. The van der Waals surface area contributed by atoms with Gasteiger partial charge in [0.05, 0.1) is 6.54 Å². The van der Waals surface area contributed by atoms with Gasteiger partial charge in [-0.1, -0.05) is 23.8 Å². The largest absolute Gasteiger partial charge is 0.468 e. The van der Waals surface area contributed by atoms with Gasteiger partial charge < -0.3 is 15.8 Å².